The van der Waals surface area contributed by atoms with Crippen LogP contribution < -0.4 is 10.6 Å². The first-order chi connectivity index (χ1) is 13.6. The van der Waals surface area contributed by atoms with Gasteiger partial charge in [-0.05, 0) is 42.5 Å². The molecule has 28 heavy (non-hydrogen) atoms. The van der Waals surface area contributed by atoms with Crippen LogP contribution in [0.2, 0.25) is 0 Å². The summed E-state index contributed by atoms with van der Waals surface area (Å²) < 4.78 is 0. The second-order valence-corrected chi connectivity index (χ2v) is 7.74. The van der Waals surface area contributed by atoms with Crippen LogP contribution in [0.5, 0.6) is 0 Å². The van der Waals surface area contributed by atoms with Crippen LogP contribution in [-0.4, -0.2) is 11.8 Å². The summed E-state index contributed by atoms with van der Waals surface area (Å²) in [4.78, 5) is 24.5. The molecule has 0 bridgehead atoms. The number of carbonyl (C=O) groups is 2. The molecule has 0 aliphatic heterocycles. The fourth-order valence-electron chi connectivity index (χ4n) is 3.09. The van der Waals surface area contributed by atoms with E-state index in [0.717, 1.165) is 24.8 Å². The number of thiophene rings is 1. The Kier molecular flexibility index (Phi) is 6.98. The average molecular weight is 393 g/mol. The largest absolute Gasteiger partial charge is 0.345 e. The van der Waals surface area contributed by atoms with Crippen molar-refractivity contribution in [2.75, 3.05) is 5.32 Å². The van der Waals surface area contributed by atoms with E-state index < -0.39 is 0 Å². The Bertz CT molecular complexity index is 907. The van der Waals surface area contributed by atoms with Crippen molar-refractivity contribution < 1.29 is 9.59 Å². The minimum atomic E-state index is -0.142. The quantitative estimate of drug-likeness (QED) is 0.553. The normalized spacial score (nSPS) is 11.6. The van der Waals surface area contributed by atoms with Crippen molar-refractivity contribution in [3.63, 3.8) is 0 Å². The van der Waals surface area contributed by atoms with Gasteiger partial charge in [0.25, 0.3) is 5.91 Å². The Morgan fingerprint density at radius 2 is 1.61 bits per heavy atom. The zero-order valence-electron chi connectivity index (χ0n) is 15.9. The molecule has 0 saturated heterocycles. The molecule has 2 N–H and O–H groups in total. The number of hydrogen-bond donors (Lipinski definition) is 2. The molecule has 144 valence electrons. The third-order valence-corrected chi connectivity index (χ3v) is 5.44. The number of rotatable bonds is 8. The van der Waals surface area contributed by atoms with Crippen molar-refractivity contribution >= 4 is 28.2 Å². The van der Waals surface area contributed by atoms with Crippen LogP contribution in [0.3, 0.4) is 0 Å². The van der Waals surface area contributed by atoms with Crippen LogP contribution in [0.1, 0.15) is 46.6 Å². The Morgan fingerprint density at radius 3 is 2.29 bits per heavy atom. The van der Waals surface area contributed by atoms with Gasteiger partial charge in [0.15, 0.2) is 0 Å². The summed E-state index contributed by atoms with van der Waals surface area (Å²) in [6.45, 7) is 1.46. The molecule has 5 heteroatoms. The van der Waals surface area contributed by atoms with Gasteiger partial charge in [-0.3, -0.25) is 9.59 Å². The Balaban J connectivity index is 1.65. The number of nitrogens with one attached hydrogen (secondary N) is 2. The lowest BCUT2D eigenvalue weighted by Gasteiger charge is -2.19. The summed E-state index contributed by atoms with van der Waals surface area (Å²) in [5, 5.41) is 6.56. The molecule has 4 nitrogen and oxygen atoms in total. The summed E-state index contributed by atoms with van der Waals surface area (Å²) in [6, 6.07) is 23.9. The molecule has 0 radical (unpaired) electrons. The fraction of sp³-hybridized carbons (Fsp3) is 0.217. The van der Waals surface area contributed by atoms with Crippen molar-refractivity contribution in [2.24, 2.45) is 0 Å². The molecular formula is C23H24N2O2S. The predicted molar refractivity (Wildman–Crippen MR) is 115 cm³/mol. The zero-order valence-corrected chi connectivity index (χ0v) is 16.7. The number of amides is 2. The molecule has 1 atom stereocenters. The van der Waals surface area contributed by atoms with Gasteiger partial charge in [-0.25, -0.2) is 0 Å². The fourth-order valence-corrected chi connectivity index (χ4v) is 3.95. The molecule has 0 saturated carbocycles. The highest BCUT2D eigenvalue weighted by atomic mass is 32.1. The summed E-state index contributed by atoms with van der Waals surface area (Å²) >= 11 is 1.28. The van der Waals surface area contributed by atoms with E-state index in [4.69, 9.17) is 0 Å². The van der Waals surface area contributed by atoms with Crippen molar-refractivity contribution in [2.45, 2.75) is 32.2 Å². The third kappa shape index (κ3) is 5.79. The van der Waals surface area contributed by atoms with Gasteiger partial charge < -0.3 is 10.6 Å². The predicted octanol–water partition coefficient (Wildman–Crippen LogP) is 5.20. The van der Waals surface area contributed by atoms with Crippen molar-refractivity contribution in [3.8, 4) is 0 Å². The smallest absolute Gasteiger partial charge is 0.261 e. The van der Waals surface area contributed by atoms with Gasteiger partial charge >= 0.3 is 0 Å². The van der Waals surface area contributed by atoms with Gasteiger partial charge in [0.1, 0.15) is 0 Å². The SMILES string of the molecule is CC(=O)Nc1ccc(C(=O)NC(CCCc2ccccc2)c2ccccc2)s1. The highest BCUT2D eigenvalue weighted by Crippen LogP contribution is 2.24. The second-order valence-electron chi connectivity index (χ2n) is 6.66. The van der Waals surface area contributed by atoms with E-state index in [2.05, 4.69) is 34.9 Å². The summed E-state index contributed by atoms with van der Waals surface area (Å²) in [5.41, 5.74) is 2.40. The third-order valence-electron chi connectivity index (χ3n) is 4.44. The molecule has 1 heterocycles. The van der Waals surface area contributed by atoms with E-state index in [1.807, 2.05) is 36.4 Å². The molecule has 0 spiro atoms. The number of anilines is 1. The lowest BCUT2D eigenvalue weighted by Crippen LogP contribution is -2.28. The minimum absolute atomic E-state index is 0.0521. The van der Waals surface area contributed by atoms with Crippen LogP contribution in [0.15, 0.2) is 72.8 Å². The van der Waals surface area contributed by atoms with Gasteiger partial charge in [0.05, 0.1) is 15.9 Å². The highest BCUT2D eigenvalue weighted by Gasteiger charge is 2.17. The molecular weight excluding hydrogens is 368 g/mol. The van der Waals surface area contributed by atoms with Gasteiger partial charge in [0, 0.05) is 6.92 Å². The van der Waals surface area contributed by atoms with E-state index in [0.29, 0.717) is 9.88 Å². The maximum Gasteiger partial charge on any atom is 0.261 e. The molecule has 2 aromatic carbocycles. The molecule has 0 fully saturated rings. The molecule has 0 aliphatic rings. The number of benzene rings is 2. The number of hydrogen-bond acceptors (Lipinski definition) is 3. The topological polar surface area (TPSA) is 58.2 Å². The van der Waals surface area contributed by atoms with Crippen LogP contribution in [0.25, 0.3) is 0 Å². The highest BCUT2D eigenvalue weighted by molar-refractivity contribution is 7.18. The minimum Gasteiger partial charge on any atom is -0.345 e. The maximum absolute atomic E-state index is 12.7. The standard InChI is InChI=1S/C23H24N2O2S/c1-17(26)24-22-16-15-21(28-22)23(27)25-20(19-12-6-3-7-13-19)14-8-11-18-9-4-2-5-10-18/h2-7,9-10,12-13,15-16,20H,8,11,14H2,1H3,(H,24,26)(H,25,27). The van der Waals surface area contributed by atoms with Crippen LogP contribution in [-0.2, 0) is 11.2 Å². The van der Waals surface area contributed by atoms with Crippen LogP contribution in [0, 0.1) is 0 Å². The van der Waals surface area contributed by atoms with Gasteiger partial charge in [-0.2, -0.15) is 0 Å². The Labute approximate surface area is 169 Å². The van der Waals surface area contributed by atoms with Gasteiger partial charge in [0.2, 0.25) is 5.91 Å². The second kappa shape index (κ2) is 9.85. The van der Waals surface area contributed by atoms with Crippen molar-refractivity contribution in [1.82, 2.24) is 5.32 Å². The number of aryl methyl sites for hydroxylation is 1. The van der Waals surface area contributed by atoms with E-state index in [1.54, 1.807) is 12.1 Å². The summed E-state index contributed by atoms with van der Waals surface area (Å²) in [5.74, 6) is -0.257. The lowest BCUT2D eigenvalue weighted by atomic mass is 9.99. The monoisotopic (exact) mass is 392 g/mol. The number of carbonyl (C=O) groups excluding carboxylic acids is 2. The first-order valence-electron chi connectivity index (χ1n) is 9.39. The molecule has 1 unspecified atom stereocenters. The average Bonchev–Trinajstić information content (AvgIpc) is 3.16. The van der Waals surface area contributed by atoms with E-state index in [-0.39, 0.29) is 17.9 Å². The summed E-state index contributed by atoms with van der Waals surface area (Å²) in [6.07, 6.45) is 2.81. The van der Waals surface area contributed by atoms with Crippen LogP contribution >= 0.6 is 11.3 Å². The molecule has 2 amide bonds. The zero-order chi connectivity index (χ0) is 19.8. The van der Waals surface area contributed by atoms with Crippen LogP contribution in [0.4, 0.5) is 5.00 Å². The maximum atomic E-state index is 12.7. The Hall–Kier alpha value is -2.92. The van der Waals surface area contributed by atoms with E-state index >= 15 is 0 Å². The van der Waals surface area contributed by atoms with Crippen molar-refractivity contribution in [3.05, 3.63) is 88.8 Å². The molecule has 0 aliphatic carbocycles. The molecule has 1 aromatic heterocycles. The first kappa shape index (κ1) is 19.8. The van der Waals surface area contributed by atoms with E-state index in [9.17, 15) is 9.59 Å². The van der Waals surface area contributed by atoms with Crippen molar-refractivity contribution in [1.29, 1.82) is 0 Å². The summed E-state index contributed by atoms with van der Waals surface area (Å²) in [7, 11) is 0. The van der Waals surface area contributed by atoms with Gasteiger partial charge in [-0.15, -0.1) is 11.3 Å². The lowest BCUT2D eigenvalue weighted by molar-refractivity contribution is -0.114. The first-order valence-corrected chi connectivity index (χ1v) is 10.2. The molecule has 3 aromatic rings. The molecule has 3 rings (SSSR count). The van der Waals surface area contributed by atoms with Gasteiger partial charge in [-0.1, -0.05) is 60.7 Å². The van der Waals surface area contributed by atoms with E-state index in [1.165, 1.54) is 23.8 Å². The Morgan fingerprint density at radius 1 is 0.929 bits per heavy atom.